The number of hydrogen-bond donors (Lipinski definition) is 3. The molecule has 0 saturated heterocycles. The van der Waals surface area contributed by atoms with Gasteiger partial charge in [0.1, 0.15) is 16.5 Å². The molecular formula is C21H23N5O2S2. The number of hydrogen-bond acceptors (Lipinski definition) is 6. The lowest BCUT2D eigenvalue weighted by Crippen LogP contribution is -2.33. The summed E-state index contributed by atoms with van der Waals surface area (Å²) in [6.45, 7) is 7.68. The average Bonchev–Trinajstić information content (AvgIpc) is 3.27. The molecule has 0 fully saturated rings. The summed E-state index contributed by atoms with van der Waals surface area (Å²) in [7, 11) is 0. The predicted molar refractivity (Wildman–Crippen MR) is 123 cm³/mol. The molecule has 9 heteroatoms. The van der Waals surface area contributed by atoms with E-state index >= 15 is 0 Å². The number of amides is 1. The van der Waals surface area contributed by atoms with Gasteiger partial charge in [0.15, 0.2) is 0 Å². The summed E-state index contributed by atoms with van der Waals surface area (Å²) >= 11 is 2.96. The molecule has 1 amide bonds. The lowest BCUT2D eigenvalue weighted by Gasteiger charge is -2.15. The first-order chi connectivity index (χ1) is 14.3. The van der Waals surface area contributed by atoms with Crippen molar-refractivity contribution in [2.24, 2.45) is 0 Å². The van der Waals surface area contributed by atoms with Gasteiger partial charge in [0.2, 0.25) is 5.91 Å². The van der Waals surface area contributed by atoms with E-state index in [4.69, 9.17) is 0 Å². The molecule has 3 heterocycles. The fraction of sp³-hybridized carbons (Fsp3) is 0.333. The Morgan fingerprint density at radius 3 is 2.73 bits per heavy atom. The lowest BCUT2D eigenvalue weighted by atomic mass is 10.2. The van der Waals surface area contributed by atoms with Crippen LogP contribution in [0.5, 0.6) is 0 Å². The first-order valence-electron chi connectivity index (χ1n) is 9.69. The zero-order chi connectivity index (χ0) is 21.4. The Balaban J connectivity index is 1.40. The van der Waals surface area contributed by atoms with Gasteiger partial charge < -0.3 is 15.3 Å². The molecule has 3 N–H and O–H groups in total. The summed E-state index contributed by atoms with van der Waals surface area (Å²) in [4.78, 5) is 42.1. The van der Waals surface area contributed by atoms with E-state index in [-0.39, 0.29) is 22.8 Å². The summed E-state index contributed by atoms with van der Waals surface area (Å²) in [5.41, 5.74) is 2.68. The predicted octanol–water partition coefficient (Wildman–Crippen LogP) is 3.98. The van der Waals surface area contributed by atoms with Gasteiger partial charge in [-0.15, -0.1) is 23.1 Å². The van der Waals surface area contributed by atoms with Gasteiger partial charge in [-0.25, -0.2) is 9.97 Å². The number of aryl methyl sites for hydroxylation is 2. The van der Waals surface area contributed by atoms with Crippen LogP contribution in [0.25, 0.3) is 21.3 Å². The van der Waals surface area contributed by atoms with Crippen LogP contribution < -0.4 is 10.9 Å². The van der Waals surface area contributed by atoms with Crippen LogP contribution in [-0.4, -0.2) is 31.1 Å². The Morgan fingerprint density at radius 1 is 1.20 bits per heavy atom. The van der Waals surface area contributed by atoms with Crippen molar-refractivity contribution in [3.8, 4) is 0 Å². The van der Waals surface area contributed by atoms with E-state index in [2.05, 4.69) is 25.3 Å². The number of benzene rings is 1. The number of carbonyl (C=O) groups is 1. The standard InChI is InChI=1S/C21H23N5O2S2/c1-10-12(3)30-21-17(10)20(28)25-16(26-21)9-29-13(4)19(27)22-11(2)18-23-14-7-5-6-8-15(14)24-18/h5-8,11,13H,9H2,1-4H3,(H,22,27)(H,23,24)(H,25,26,28)/t11-,13?/m0/s1. The van der Waals surface area contributed by atoms with Gasteiger partial charge in [0, 0.05) is 4.88 Å². The zero-order valence-electron chi connectivity index (χ0n) is 17.2. The molecule has 0 saturated carbocycles. The molecule has 0 aliphatic rings. The molecule has 4 aromatic rings. The van der Waals surface area contributed by atoms with E-state index in [1.165, 1.54) is 23.1 Å². The number of nitrogens with zero attached hydrogens (tertiary/aromatic N) is 2. The Labute approximate surface area is 181 Å². The largest absolute Gasteiger partial charge is 0.345 e. The maximum atomic E-state index is 12.6. The van der Waals surface area contributed by atoms with Crippen molar-refractivity contribution in [2.45, 2.75) is 44.7 Å². The first kappa shape index (κ1) is 20.6. The number of fused-ring (bicyclic) bond motifs is 2. The van der Waals surface area contributed by atoms with Crippen molar-refractivity contribution >= 4 is 50.3 Å². The van der Waals surface area contributed by atoms with Crippen LogP contribution in [0.1, 0.15) is 42.0 Å². The second-order valence-corrected chi connectivity index (χ2v) is 9.83. The minimum Gasteiger partial charge on any atom is -0.345 e. The van der Waals surface area contributed by atoms with Crippen LogP contribution >= 0.6 is 23.1 Å². The second-order valence-electron chi connectivity index (χ2n) is 7.30. The van der Waals surface area contributed by atoms with E-state index in [1.54, 1.807) is 0 Å². The van der Waals surface area contributed by atoms with E-state index in [9.17, 15) is 9.59 Å². The van der Waals surface area contributed by atoms with Crippen LogP contribution in [0.15, 0.2) is 29.1 Å². The highest BCUT2D eigenvalue weighted by molar-refractivity contribution is 7.99. The number of thioether (sulfide) groups is 1. The summed E-state index contributed by atoms with van der Waals surface area (Å²) in [6, 6.07) is 7.53. The third kappa shape index (κ3) is 3.99. The number of imidazole rings is 1. The van der Waals surface area contributed by atoms with Crippen LogP contribution in [0, 0.1) is 13.8 Å². The third-order valence-electron chi connectivity index (χ3n) is 5.10. The summed E-state index contributed by atoms with van der Waals surface area (Å²) in [5, 5.41) is 3.36. The minimum atomic E-state index is -0.301. The highest BCUT2D eigenvalue weighted by Crippen LogP contribution is 2.26. The third-order valence-corrected chi connectivity index (χ3v) is 7.36. The normalized spacial score (nSPS) is 13.6. The SMILES string of the molecule is Cc1sc2nc(CSC(C)C(=O)N[C@@H](C)c3nc4ccccc4[nH]3)[nH]c(=O)c2c1C. The van der Waals surface area contributed by atoms with Crippen LogP contribution in [-0.2, 0) is 10.5 Å². The highest BCUT2D eigenvalue weighted by Gasteiger charge is 2.19. The number of rotatable bonds is 6. The number of thiophene rings is 1. The molecule has 0 radical (unpaired) electrons. The molecule has 30 heavy (non-hydrogen) atoms. The quantitative estimate of drug-likeness (QED) is 0.420. The molecule has 2 atom stereocenters. The smallest absolute Gasteiger partial charge is 0.259 e. The molecule has 156 valence electrons. The molecule has 4 rings (SSSR count). The average molecular weight is 442 g/mol. The maximum Gasteiger partial charge on any atom is 0.259 e. The molecule has 7 nitrogen and oxygen atoms in total. The molecule has 3 aromatic heterocycles. The number of carbonyl (C=O) groups excluding carboxylic acids is 1. The molecule has 0 aliphatic heterocycles. The van der Waals surface area contributed by atoms with Gasteiger partial charge in [-0.1, -0.05) is 12.1 Å². The van der Waals surface area contributed by atoms with Crippen LogP contribution in [0.4, 0.5) is 0 Å². The first-order valence-corrected chi connectivity index (χ1v) is 11.6. The van der Waals surface area contributed by atoms with E-state index in [1.807, 2.05) is 52.0 Å². The lowest BCUT2D eigenvalue weighted by molar-refractivity contribution is -0.121. The van der Waals surface area contributed by atoms with Crippen LogP contribution in [0.3, 0.4) is 0 Å². The fourth-order valence-electron chi connectivity index (χ4n) is 3.22. The van der Waals surface area contributed by atoms with Crippen molar-refractivity contribution in [3.05, 3.63) is 56.7 Å². The van der Waals surface area contributed by atoms with Gasteiger partial charge in [-0.2, -0.15) is 0 Å². The number of para-hydroxylation sites is 2. The molecule has 0 aliphatic carbocycles. The summed E-state index contributed by atoms with van der Waals surface area (Å²) in [5.74, 6) is 1.68. The topological polar surface area (TPSA) is 104 Å². The Morgan fingerprint density at radius 2 is 1.97 bits per heavy atom. The van der Waals surface area contributed by atoms with E-state index in [0.29, 0.717) is 17.0 Å². The van der Waals surface area contributed by atoms with Crippen molar-refractivity contribution in [3.63, 3.8) is 0 Å². The number of nitrogens with one attached hydrogen (secondary N) is 3. The Kier molecular flexibility index (Phi) is 5.66. The van der Waals surface area contributed by atoms with E-state index in [0.717, 1.165) is 32.1 Å². The zero-order valence-corrected chi connectivity index (χ0v) is 18.8. The highest BCUT2D eigenvalue weighted by atomic mass is 32.2. The Bertz CT molecular complexity index is 1260. The number of H-pyrrole nitrogens is 2. The van der Waals surface area contributed by atoms with Crippen LogP contribution in [0.2, 0.25) is 0 Å². The van der Waals surface area contributed by atoms with Gasteiger partial charge in [0.25, 0.3) is 5.56 Å². The van der Waals surface area contributed by atoms with Gasteiger partial charge >= 0.3 is 0 Å². The summed E-state index contributed by atoms with van der Waals surface area (Å²) in [6.07, 6.45) is 0. The van der Waals surface area contributed by atoms with Crippen molar-refractivity contribution < 1.29 is 4.79 Å². The van der Waals surface area contributed by atoms with Crippen molar-refractivity contribution in [1.29, 1.82) is 0 Å². The molecule has 1 aromatic carbocycles. The fourth-order valence-corrected chi connectivity index (χ4v) is 5.04. The van der Waals surface area contributed by atoms with Gasteiger partial charge in [-0.3, -0.25) is 9.59 Å². The van der Waals surface area contributed by atoms with Crippen molar-refractivity contribution in [2.75, 3.05) is 0 Å². The second kappa shape index (κ2) is 8.23. The molecule has 1 unspecified atom stereocenters. The Hall–Kier alpha value is -2.65. The summed E-state index contributed by atoms with van der Waals surface area (Å²) < 4.78 is 0. The molecule has 0 spiro atoms. The van der Waals surface area contributed by atoms with E-state index < -0.39 is 0 Å². The number of aromatic nitrogens is 4. The molecule has 0 bridgehead atoms. The monoisotopic (exact) mass is 441 g/mol. The molecular weight excluding hydrogens is 418 g/mol. The minimum absolute atomic E-state index is 0.0841. The van der Waals surface area contributed by atoms with Gasteiger partial charge in [0.05, 0.1) is 33.5 Å². The number of aromatic amines is 2. The van der Waals surface area contributed by atoms with Crippen molar-refractivity contribution in [1.82, 2.24) is 25.3 Å². The van der Waals surface area contributed by atoms with Gasteiger partial charge in [-0.05, 0) is 45.4 Å². The maximum absolute atomic E-state index is 12.6.